The molecule has 0 spiro atoms. The van der Waals surface area contributed by atoms with Crippen molar-refractivity contribution in [2.45, 2.75) is 40.5 Å². The van der Waals surface area contributed by atoms with Gasteiger partial charge in [0.2, 0.25) is 0 Å². The Balaban J connectivity index is 2.93. The Kier molecular flexibility index (Phi) is 4.67. The van der Waals surface area contributed by atoms with Crippen molar-refractivity contribution < 1.29 is 0 Å². The summed E-state index contributed by atoms with van der Waals surface area (Å²) in [6, 6.07) is 6.72. The average Bonchev–Trinajstić information content (AvgIpc) is 2.21. The number of rotatable bonds is 5. The van der Waals surface area contributed by atoms with Crippen molar-refractivity contribution in [3.63, 3.8) is 0 Å². The van der Waals surface area contributed by atoms with Crippen LogP contribution < -0.4 is 4.90 Å². The van der Waals surface area contributed by atoms with Crippen molar-refractivity contribution in [1.29, 1.82) is 0 Å². The maximum atomic E-state index is 2.50. The van der Waals surface area contributed by atoms with Crippen LogP contribution >= 0.6 is 0 Å². The van der Waals surface area contributed by atoms with Crippen molar-refractivity contribution >= 4 is 5.69 Å². The highest BCUT2D eigenvalue weighted by molar-refractivity contribution is 5.54. The molecular weight excluding hydrogens is 182 g/mol. The fourth-order valence-corrected chi connectivity index (χ4v) is 1.95. The van der Waals surface area contributed by atoms with Crippen molar-refractivity contribution in [3.8, 4) is 0 Å². The molecule has 0 aromatic heterocycles. The van der Waals surface area contributed by atoms with Gasteiger partial charge in [0.1, 0.15) is 0 Å². The van der Waals surface area contributed by atoms with E-state index in [1.54, 1.807) is 0 Å². The van der Waals surface area contributed by atoms with Gasteiger partial charge in [-0.1, -0.05) is 26.0 Å². The van der Waals surface area contributed by atoms with Gasteiger partial charge in [0.05, 0.1) is 0 Å². The van der Waals surface area contributed by atoms with E-state index in [-0.39, 0.29) is 0 Å². The molecule has 0 atom stereocenters. The Bertz CT molecular complexity index is 298. The van der Waals surface area contributed by atoms with E-state index in [0.717, 1.165) is 13.1 Å². The van der Waals surface area contributed by atoms with Crippen molar-refractivity contribution in [2.24, 2.45) is 0 Å². The molecule has 0 radical (unpaired) electrons. The van der Waals surface area contributed by atoms with E-state index >= 15 is 0 Å². The summed E-state index contributed by atoms with van der Waals surface area (Å²) in [6.45, 7) is 11.2. The highest BCUT2D eigenvalue weighted by atomic mass is 15.1. The number of anilines is 1. The summed E-state index contributed by atoms with van der Waals surface area (Å²) in [6.07, 6.45) is 2.43. The molecule has 0 bridgehead atoms. The summed E-state index contributed by atoms with van der Waals surface area (Å²) in [5.41, 5.74) is 4.16. The fourth-order valence-electron chi connectivity index (χ4n) is 1.95. The van der Waals surface area contributed by atoms with Gasteiger partial charge >= 0.3 is 0 Å². The monoisotopic (exact) mass is 205 g/mol. The lowest BCUT2D eigenvalue weighted by molar-refractivity contribution is 0.742. The third kappa shape index (κ3) is 3.26. The second-order valence-corrected chi connectivity index (χ2v) is 4.28. The Hall–Kier alpha value is -0.980. The summed E-state index contributed by atoms with van der Waals surface area (Å²) in [5, 5.41) is 0. The molecule has 0 fully saturated rings. The molecule has 15 heavy (non-hydrogen) atoms. The third-order valence-corrected chi connectivity index (χ3v) is 2.69. The minimum atomic E-state index is 1.16. The summed E-state index contributed by atoms with van der Waals surface area (Å²) in [4.78, 5) is 2.50. The Morgan fingerprint density at radius 1 is 1.00 bits per heavy atom. The van der Waals surface area contributed by atoms with Gasteiger partial charge in [0.15, 0.2) is 0 Å². The van der Waals surface area contributed by atoms with Crippen LogP contribution in [0.25, 0.3) is 0 Å². The Labute approximate surface area is 94.1 Å². The molecule has 0 unspecified atom stereocenters. The number of benzene rings is 1. The van der Waals surface area contributed by atoms with E-state index in [2.05, 4.69) is 50.8 Å². The topological polar surface area (TPSA) is 3.24 Å². The lowest BCUT2D eigenvalue weighted by Gasteiger charge is -2.26. The van der Waals surface area contributed by atoms with E-state index < -0.39 is 0 Å². The number of hydrogen-bond donors (Lipinski definition) is 0. The molecule has 1 aromatic carbocycles. The normalized spacial score (nSPS) is 10.4. The first-order chi connectivity index (χ1) is 7.19. The summed E-state index contributed by atoms with van der Waals surface area (Å²) < 4.78 is 0. The minimum absolute atomic E-state index is 1.16. The van der Waals surface area contributed by atoms with Crippen LogP contribution in [0, 0.1) is 13.8 Å². The molecule has 1 heteroatoms. The molecule has 0 aliphatic carbocycles. The molecule has 1 aromatic rings. The van der Waals surface area contributed by atoms with E-state index in [1.807, 2.05) is 0 Å². The van der Waals surface area contributed by atoms with Gasteiger partial charge in [-0.2, -0.15) is 0 Å². The zero-order valence-electron chi connectivity index (χ0n) is 10.5. The predicted octanol–water partition coefficient (Wildman–Crippen LogP) is 3.93. The SMILES string of the molecule is CCCN(CCC)c1cc(C)ccc1C. The molecule has 0 saturated carbocycles. The van der Waals surface area contributed by atoms with Gasteiger partial charge in [-0.05, 0) is 43.9 Å². The lowest BCUT2D eigenvalue weighted by atomic mass is 10.1. The first-order valence-corrected chi connectivity index (χ1v) is 6.01. The molecule has 0 aliphatic rings. The van der Waals surface area contributed by atoms with E-state index in [9.17, 15) is 0 Å². The van der Waals surface area contributed by atoms with Crippen molar-refractivity contribution in [3.05, 3.63) is 29.3 Å². The van der Waals surface area contributed by atoms with Gasteiger partial charge in [0.25, 0.3) is 0 Å². The van der Waals surface area contributed by atoms with Crippen molar-refractivity contribution in [1.82, 2.24) is 0 Å². The quantitative estimate of drug-likeness (QED) is 0.704. The molecule has 0 heterocycles. The van der Waals surface area contributed by atoms with E-state index in [0.29, 0.717) is 0 Å². The van der Waals surface area contributed by atoms with E-state index in [4.69, 9.17) is 0 Å². The second kappa shape index (κ2) is 5.79. The van der Waals surface area contributed by atoms with Gasteiger partial charge in [-0.25, -0.2) is 0 Å². The Morgan fingerprint density at radius 3 is 2.13 bits per heavy atom. The predicted molar refractivity (Wildman–Crippen MR) is 68.7 cm³/mol. The largest absolute Gasteiger partial charge is 0.371 e. The smallest absolute Gasteiger partial charge is 0.0398 e. The van der Waals surface area contributed by atoms with Crippen LogP contribution in [0.4, 0.5) is 5.69 Å². The zero-order valence-corrected chi connectivity index (χ0v) is 10.5. The van der Waals surface area contributed by atoms with Crippen LogP contribution in [-0.2, 0) is 0 Å². The van der Waals surface area contributed by atoms with Crippen molar-refractivity contribution in [2.75, 3.05) is 18.0 Å². The van der Waals surface area contributed by atoms with Gasteiger partial charge in [-0.15, -0.1) is 0 Å². The molecule has 84 valence electrons. The van der Waals surface area contributed by atoms with Gasteiger partial charge in [0, 0.05) is 18.8 Å². The number of aryl methyl sites for hydroxylation is 2. The molecule has 0 saturated heterocycles. The summed E-state index contributed by atoms with van der Waals surface area (Å²) in [5.74, 6) is 0. The van der Waals surface area contributed by atoms with Crippen LogP contribution in [0.5, 0.6) is 0 Å². The van der Waals surface area contributed by atoms with Gasteiger partial charge < -0.3 is 4.90 Å². The van der Waals surface area contributed by atoms with Gasteiger partial charge in [-0.3, -0.25) is 0 Å². The molecule has 0 amide bonds. The minimum Gasteiger partial charge on any atom is -0.371 e. The van der Waals surface area contributed by atoms with Crippen LogP contribution in [0.2, 0.25) is 0 Å². The molecule has 1 rings (SSSR count). The first-order valence-electron chi connectivity index (χ1n) is 6.01. The second-order valence-electron chi connectivity index (χ2n) is 4.28. The van der Waals surface area contributed by atoms with Crippen LogP contribution in [0.15, 0.2) is 18.2 Å². The highest BCUT2D eigenvalue weighted by Gasteiger charge is 2.07. The molecule has 0 aliphatic heterocycles. The molecular formula is C14H23N. The third-order valence-electron chi connectivity index (χ3n) is 2.69. The summed E-state index contributed by atoms with van der Waals surface area (Å²) >= 11 is 0. The number of nitrogens with zero attached hydrogens (tertiary/aromatic N) is 1. The Morgan fingerprint density at radius 2 is 1.60 bits per heavy atom. The average molecular weight is 205 g/mol. The molecule has 0 N–H and O–H groups in total. The maximum Gasteiger partial charge on any atom is 0.0398 e. The van der Waals surface area contributed by atoms with Crippen LogP contribution in [-0.4, -0.2) is 13.1 Å². The highest BCUT2D eigenvalue weighted by Crippen LogP contribution is 2.21. The number of hydrogen-bond acceptors (Lipinski definition) is 1. The first kappa shape index (κ1) is 12.1. The zero-order chi connectivity index (χ0) is 11.3. The van der Waals surface area contributed by atoms with Crippen LogP contribution in [0.3, 0.4) is 0 Å². The molecule has 1 nitrogen and oxygen atoms in total. The van der Waals surface area contributed by atoms with Crippen LogP contribution in [0.1, 0.15) is 37.8 Å². The van der Waals surface area contributed by atoms with E-state index in [1.165, 1.54) is 29.7 Å². The standard InChI is InChI=1S/C14H23N/c1-5-9-15(10-6-2)14-11-12(3)7-8-13(14)4/h7-8,11H,5-6,9-10H2,1-4H3. The fraction of sp³-hybridized carbons (Fsp3) is 0.571. The lowest BCUT2D eigenvalue weighted by Crippen LogP contribution is -2.25. The summed E-state index contributed by atoms with van der Waals surface area (Å²) in [7, 11) is 0. The maximum absolute atomic E-state index is 2.50.